The average molecular weight is 263 g/mol. The van der Waals surface area contributed by atoms with Crippen LogP contribution in [0.15, 0.2) is 16.6 Å². The highest BCUT2D eigenvalue weighted by molar-refractivity contribution is 9.10. The van der Waals surface area contributed by atoms with Crippen molar-refractivity contribution in [2.75, 3.05) is 0 Å². The van der Waals surface area contributed by atoms with Crippen LogP contribution in [-0.2, 0) is 0 Å². The number of carbonyl (C=O) groups excluding carboxylic acids is 1. The fraction of sp³-hybridized carbons (Fsp3) is 0.300. The van der Waals surface area contributed by atoms with Gasteiger partial charge in [0.1, 0.15) is 0 Å². The fourth-order valence-electron chi connectivity index (χ4n) is 1.17. The lowest BCUT2D eigenvalue weighted by Crippen LogP contribution is -2.12. The van der Waals surface area contributed by atoms with Crippen LogP contribution >= 0.6 is 15.9 Å². The van der Waals surface area contributed by atoms with Gasteiger partial charge in [0.05, 0.1) is 0 Å². The van der Waals surface area contributed by atoms with Crippen molar-refractivity contribution >= 4 is 21.7 Å². The molecular formula is C10H9BrF2O. The van der Waals surface area contributed by atoms with Crippen molar-refractivity contribution in [2.24, 2.45) is 0 Å². The summed E-state index contributed by atoms with van der Waals surface area (Å²) in [5, 5.41) is 0. The number of halogens is 3. The van der Waals surface area contributed by atoms with E-state index in [1.807, 2.05) is 0 Å². The first kappa shape index (κ1) is 11.3. The maximum Gasteiger partial charge on any atom is 0.300 e. The number of rotatable bonds is 2. The first-order valence-electron chi connectivity index (χ1n) is 4.03. The summed E-state index contributed by atoms with van der Waals surface area (Å²) >= 11 is 3.27. The molecule has 14 heavy (non-hydrogen) atoms. The molecule has 1 nitrogen and oxygen atoms in total. The van der Waals surface area contributed by atoms with Crippen molar-refractivity contribution in [3.05, 3.63) is 33.3 Å². The Morgan fingerprint density at radius 3 is 2.36 bits per heavy atom. The summed E-state index contributed by atoms with van der Waals surface area (Å²) in [5.41, 5.74) is 1.52. The van der Waals surface area contributed by atoms with Crippen molar-refractivity contribution in [3.8, 4) is 0 Å². The van der Waals surface area contributed by atoms with Crippen LogP contribution in [-0.4, -0.2) is 12.2 Å². The van der Waals surface area contributed by atoms with Crippen molar-refractivity contribution in [1.29, 1.82) is 0 Å². The van der Waals surface area contributed by atoms with E-state index in [4.69, 9.17) is 0 Å². The molecule has 0 aliphatic carbocycles. The van der Waals surface area contributed by atoms with E-state index in [0.29, 0.717) is 5.56 Å². The summed E-state index contributed by atoms with van der Waals surface area (Å²) in [7, 11) is 0. The Hall–Kier alpha value is -0.770. The molecule has 0 saturated carbocycles. The van der Waals surface area contributed by atoms with Crippen molar-refractivity contribution in [2.45, 2.75) is 20.3 Å². The molecule has 0 aliphatic rings. The van der Waals surface area contributed by atoms with Gasteiger partial charge in [-0.05, 0) is 37.1 Å². The molecular weight excluding hydrogens is 254 g/mol. The zero-order chi connectivity index (χ0) is 10.9. The van der Waals surface area contributed by atoms with Gasteiger partial charge in [-0.25, -0.2) is 8.78 Å². The van der Waals surface area contributed by atoms with E-state index < -0.39 is 12.2 Å². The molecule has 1 rings (SSSR count). The summed E-state index contributed by atoms with van der Waals surface area (Å²) in [6.07, 6.45) is -2.94. The second kappa shape index (κ2) is 4.17. The lowest BCUT2D eigenvalue weighted by Gasteiger charge is -2.08. The standard InChI is InChI=1S/C10H9BrF2O/c1-5-6(2)8(11)4-3-7(5)9(14)10(12)13/h3-4,10H,1-2H3. The lowest BCUT2D eigenvalue weighted by molar-refractivity contribution is 0.0678. The van der Waals surface area contributed by atoms with E-state index in [1.54, 1.807) is 19.9 Å². The molecule has 0 N–H and O–H groups in total. The van der Waals surface area contributed by atoms with Crippen LogP contribution in [0.25, 0.3) is 0 Å². The van der Waals surface area contributed by atoms with Crippen LogP contribution in [0.4, 0.5) is 8.78 Å². The molecule has 0 saturated heterocycles. The van der Waals surface area contributed by atoms with Crippen LogP contribution in [0.3, 0.4) is 0 Å². The lowest BCUT2D eigenvalue weighted by atomic mass is 10.0. The molecule has 0 fully saturated rings. The van der Waals surface area contributed by atoms with Gasteiger partial charge in [-0.2, -0.15) is 0 Å². The molecule has 0 spiro atoms. The van der Waals surface area contributed by atoms with E-state index in [-0.39, 0.29) is 5.56 Å². The predicted molar refractivity (Wildman–Crippen MR) is 54.0 cm³/mol. The SMILES string of the molecule is Cc1c(Br)ccc(C(=O)C(F)F)c1C. The largest absolute Gasteiger partial charge is 0.300 e. The average Bonchev–Trinajstić information content (AvgIpc) is 2.13. The van der Waals surface area contributed by atoms with Crippen LogP contribution in [0.1, 0.15) is 21.5 Å². The number of carbonyl (C=O) groups is 1. The maximum absolute atomic E-state index is 12.2. The van der Waals surface area contributed by atoms with E-state index in [1.165, 1.54) is 6.07 Å². The molecule has 0 radical (unpaired) electrons. The Labute approximate surface area is 89.3 Å². The summed E-state index contributed by atoms with van der Waals surface area (Å²) in [4.78, 5) is 11.1. The fourth-order valence-corrected chi connectivity index (χ4v) is 1.60. The van der Waals surface area contributed by atoms with E-state index in [0.717, 1.165) is 10.0 Å². The Kier molecular flexibility index (Phi) is 3.37. The molecule has 1 aromatic carbocycles. The van der Waals surface area contributed by atoms with Crippen LogP contribution < -0.4 is 0 Å². The van der Waals surface area contributed by atoms with Gasteiger partial charge in [0.15, 0.2) is 0 Å². The topological polar surface area (TPSA) is 17.1 Å². The van der Waals surface area contributed by atoms with E-state index >= 15 is 0 Å². The van der Waals surface area contributed by atoms with Gasteiger partial charge in [-0.15, -0.1) is 0 Å². The van der Waals surface area contributed by atoms with Crippen molar-refractivity contribution in [1.82, 2.24) is 0 Å². The minimum Gasteiger partial charge on any atom is -0.288 e. The van der Waals surface area contributed by atoms with Gasteiger partial charge in [-0.1, -0.05) is 15.9 Å². The van der Waals surface area contributed by atoms with Crippen LogP contribution in [0.5, 0.6) is 0 Å². The quantitative estimate of drug-likeness (QED) is 0.746. The Balaban J connectivity index is 3.24. The second-order valence-electron chi connectivity index (χ2n) is 3.01. The summed E-state index contributed by atoms with van der Waals surface area (Å²) < 4.78 is 25.2. The smallest absolute Gasteiger partial charge is 0.288 e. The molecule has 4 heteroatoms. The van der Waals surface area contributed by atoms with Crippen LogP contribution in [0, 0.1) is 13.8 Å². The summed E-state index contributed by atoms with van der Waals surface area (Å²) in [5.74, 6) is -1.11. The maximum atomic E-state index is 12.2. The van der Waals surface area contributed by atoms with E-state index in [2.05, 4.69) is 15.9 Å². The van der Waals surface area contributed by atoms with Gasteiger partial charge in [-0.3, -0.25) is 4.79 Å². The third-order valence-electron chi connectivity index (χ3n) is 2.18. The minimum atomic E-state index is -2.94. The second-order valence-corrected chi connectivity index (χ2v) is 3.86. The molecule has 0 amide bonds. The molecule has 0 unspecified atom stereocenters. The monoisotopic (exact) mass is 262 g/mol. The molecule has 0 heterocycles. The van der Waals surface area contributed by atoms with Crippen LogP contribution in [0.2, 0.25) is 0 Å². The third-order valence-corrected chi connectivity index (χ3v) is 3.04. The highest BCUT2D eigenvalue weighted by Gasteiger charge is 2.20. The van der Waals surface area contributed by atoms with E-state index in [9.17, 15) is 13.6 Å². The molecule has 0 bridgehead atoms. The zero-order valence-electron chi connectivity index (χ0n) is 7.77. The first-order valence-corrected chi connectivity index (χ1v) is 4.82. The molecule has 76 valence electrons. The predicted octanol–water partition coefficient (Wildman–Crippen LogP) is 3.51. The van der Waals surface area contributed by atoms with Gasteiger partial charge >= 0.3 is 6.43 Å². The van der Waals surface area contributed by atoms with Gasteiger partial charge in [0, 0.05) is 10.0 Å². The number of Topliss-reactive ketones (excluding diaryl/α,β-unsaturated/α-hetero) is 1. The molecule has 0 aliphatic heterocycles. The highest BCUT2D eigenvalue weighted by atomic mass is 79.9. The normalized spacial score (nSPS) is 10.7. The Morgan fingerprint density at radius 2 is 1.86 bits per heavy atom. The van der Waals surface area contributed by atoms with Gasteiger partial charge < -0.3 is 0 Å². The zero-order valence-corrected chi connectivity index (χ0v) is 9.36. The summed E-state index contributed by atoms with van der Waals surface area (Å²) in [6, 6.07) is 3.03. The summed E-state index contributed by atoms with van der Waals surface area (Å²) in [6.45, 7) is 3.44. The van der Waals surface area contributed by atoms with Crippen molar-refractivity contribution in [3.63, 3.8) is 0 Å². The van der Waals surface area contributed by atoms with Gasteiger partial charge in [0.2, 0.25) is 5.78 Å². The highest BCUT2D eigenvalue weighted by Crippen LogP contribution is 2.23. The minimum absolute atomic E-state index is 0.0979. The first-order chi connectivity index (χ1) is 6.45. The number of benzene rings is 1. The van der Waals surface area contributed by atoms with Crippen molar-refractivity contribution < 1.29 is 13.6 Å². The number of alkyl halides is 2. The third kappa shape index (κ3) is 2.00. The van der Waals surface area contributed by atoms with Gasteiger partial charge in [0.25, 0.3) is 0 Å². The Bertz CT molecular complexity index is 375. The Morgan fingerprint density at radius 1 is 1.29 bits per heavy atom. The number of hydrogen-bond donors (Lipinski definition) is 0. The number of hydrogen-bond acceptors (Lipinski definition) is 1. The molecule has 1 aromatic rings. The number of ketones is 1. The molecule has 0 aromatic heterocycles. The molecule has 0 atom stereocenters.